The average Bonchev–Trinajstić information content (AvgIpc) is 3.13. The van der Waals surface area contributed by atoms with Gasteiger partial charge in [0.1, 0.15) is 0 Å². The molecular weight excluding hydrogens is 260 g/mol. The van der Waals surface area contributed by atoms with Crippen LogP contribution in [0.1, 0.15) is 30.9 Å². The van der Waals surface area contributed by atoms with E-state index < -0.39 is 10.0 Å². The largest absolute Gasteiger partial charge is 0.309 e. The van der Waals surface area contributed by atoms with Crippen LogP contribution in [0.4, 0.5) is 0 Å². The monoisotopic (exact) mass is 280 g/mol. The maximum atomic E-state index is 12.2. The first-order chi connectivity index (χ1) is 9.06. The summed E-state index contributed by atoms with van der Waals surface area (Å²) >= 11 is 0. The third-order valence-electron chi connectivity index (χ3n) is 4.14. The second kappa shape index (κ2) is 4.89. The van der Waals surface area contributed by atoms with Gasteiger partial charge in [-0.2, -0.15) is 0 Å². The van der Waals surface area contributed by atoms with Gasteiger partial charge in [0.15, 0.2) is 0 Å². The quantitative estimate of drug-likeness (QED) is 0.861. The molecule has 1 heterocycles. The maximum Gasteiger partial charge on any atom is 0.240 e. The highest BCUT2D eigenvalue weighted by atomic mass is 32.2. The first kappa shape index (κ1) is 13.1. The number of sulfonamides is 1. The average molecular weight is 280 g/mol. The summed E-state index contributed by atoms with van der Waals surface area (Å²) in [5, 5.41) is 3.22. The van der Waals surface area contributed by atoms with Crippen molar-refractivity contribution in [3.05, 3.63) is 29.3 Å². The summed E-state index contributed by atoms with van der Waals surface area (Å²) < 4.78 is 27.2. The molecule has 4 nitrogen and oxygen atoms in total. The molecular formula is C14H20N2O2S. The van der Waals surface area contributed by atoms with Crippen LogP contribution in [-0.2, 0) is 23.1 Å². The van der Waals surface area contributed by atoms with Gasteiger partial charge in [-0.3, -0.25) is 0 Å². The van der Waals surface area contributed by atoms with Gasteiger partial charge in [0.25, 0.3) is 0 Å². The smallest absolute Gasteiger partial charge is 0.240 e. The van der Waals surface area contributed by atoms with Crippen molar-refractivity contribution in [1.29, 1.82) is 0 Å². The Balaban J connectivity index is 1.72. The molecule has 0 saturated heterocycles. The van der Waals surface area contributed by atoms with E-state index >= 15 is 0 Å². The molecule has 5 heteroatoms. The van der Waals surface area contributed by atoms with E-state index in [2.05, 4.69) is 17.0 Å². The standard InChI is InChI=1S/C14H20N2O2S/c1-10(11-2-3-11)7-16-19(17,18)14-5-4-12-8-15-9-13(12)6-14/h4-6,10-11,15-16H,2-3,7-9H2,1H3. The highest BCUT2D eigenvalue weighted by molar-refractivity contribution is 7.89. The molecule has 0 radical (unpaired) electrons. The van der Waals surface area contributed by atoms with Crippen molar-refractivity contribution in [3.8, 4) is 0 Å². The number of fused-ring (bicyclic) bond motifs is 1. The lowest BCUT2D eigenvalue weighted by molar-refractivity contribution is 0.492. The van der Waals surface area contributed by atoms with Gasteiger partial charge in [0.05, 0.1) is 4.90 Å². The minimum absolute atomic E-state index is 0.387. The fraction of sp³-hybridized carbons (Fsp3) is 0.571. The molecule has 1 fully saturated rings. The zero-order valence-corrected chi connectivity index (χ0v) is 12.0. The summed E-state index contributed by atoms with van der Waals surface area (Å²) in [7, 11) is -3.36. The first-order valence-electron chi connectivity index (χ1n) is 6.88. The Morgan fingerprint density at radius 3 is 2.79 bits per heavy atom. The number of hydrogen-bond acceptors (Lipinski definition) is 3. The first-order valence-corrected chi connectivity index (χ1v) is 8.37. The second-order valence-electron chi connectivity index (χ2n) is 5.70. The van der Waals surface area contributed by atoms with Crippen molar-refractivity contribution in [3.63, 3.8) is 0 Å². The van der Waals surface area contributed by atoms with Gasteiger partial charge in [0, 0.05) is 19.6 Å². The molecule has 0 amide bonds. The van der Waals surface area contributed by atoms with E-state index in [0.717, 1.165) is 18.7 Å². The molecule has 1 saturated carbocycles. The fourth-order valence-corrected chi connectivity index (χ4v) is 3.79. The van der Waals surface area contributed by atoms with Crippen LogP contribution in [0.2, 0.25) is 0 Å². The van der Waals surface area contributed by atoms with E-state index in [0.29, 0.717) is 23.3 Å². The van der Waals surface area contributed by atoms with Crippen LogP contribution in [0.3, 0.4) is 0 Å². The molecule has 1 atom stereocenters. The van der Waals surface area contributed by atoms with E-state index in [1.165, 1.54) is 18.4 Å². The third-order valence-corrected chi connectivity index (χ3v) is 5.56. The molecule has 1 aliphatic heterocycles. The van der Waals surface area contributed by atoms with Gasteiger partial charge in [0.2, 0.25) is 10.0 Å². The highest BCUT2D eigenvalue weighted by Crippen LogP contribution is 2.36. The maximum absolute atomic E-state index is 12.2. The molecule has 104 valence electrons. The molecule has 3 rings (SSSR count). The Labute approximate surface area is 114 Å². The number of nitrogens with one attached hydrogen (secondary N) is 2. The topological polar surface area (TPSA) is 58.2 Å². The van der Waals surface area contributed by atoms with Crippen LogP contribution in [0.15, 0.2) is 23.1 Å². The summed E-state index contributed by atoms with van der Waals surface area (Å²) in [6, 6.07) is 5.41. The van der Waals surface area contributed by atoms with Crippen LogP contribution in [0.25, 0.3) is 0 Å². The molecule has 0 aromatic heterocycles. The zero-order valence-electron chi connectivity index (χ0n) is 11.1. The van der Waals surface area contributed by atoms with E-state index in [1.54, 1.807) is 12.1 Å². The molecule has 1 unspecified atom stereocenters. The molecule has 2 N–H and O–H groups in total. The van der Waals surface area contributed by atoms with Crippen molar-refractivity contribution in [2.45, 2.75) is 37.8 Å². The van der Waals surface area contributed by atoms with Gasteiger partial charge in [-0.15, -0.1) is 0 Å². The molecule has 1 aliphatic carbocycles. The van der Waals surface area contributed by atoms with Crippen molar-refractivity contribution >= 4 is 10.0 Å². The predicted octanol–water partition coefficient (Wildman–Crippen LogP) is 1.61. The lowest BCUT2D eigenvalue weighted by atomic mass is 10.1. The van der Waals surface area contributed by atoms with Gasteiger partial charge >= 0.3 is 0 Å². The molecule has 1 aromatic rings. The van der Waals surface area contributed by atoms with Crippen LogP contribution in [-0.4, -0.2) is 15.0 Å². The second-order valence-corrected chi connectivity index (χ2v) is 7.47. The van der Waals surface area contributed by atoms with Crippen LogP contribution >= 0.6 is 0 Å². The SMILES string of the molecule is CC(CNS(=O)(=O)c1ccc2c(c1)CNC2)C1CC1. The van der Waals surface area contributed by atoms with Gasteiger partial charge < -0.3 is 5.32 Å². The summed E-state index contributed by atoms with van der Waals surface area (Å²) in [5.74, 6) is 1.15. The Bertz CT molecular complexity index is 579. The molecule has 0 bridgehead atoms. The minimum atomic E-state index is -3.36. The third kappa shape index (κ3) is 2.83. The summed E-state index contributed by atoms with van der Waals surface area (Å²) in [5.41, 5.74) is 2.29. The Hall–Kier alpha value is -0.910. The molecule has 1 aromatic carbocycles. The highest BCUT2D eigenvalue weighted by Gasteiger charge is 2.29. The Kier molecular flexibility index (Phi) is 3.37. The van der Waals surface area contributed by atoms with Crippen LogP contribution in [0.5, 0.6) is 0 Å². The zero-order chi connectivity index (χ0) is 13.5. The number of benzene rings is 1. The Morgan fingerprint density at radius 1 is 1.32 bits per heavy atom. The lowest BCUT2D eigenvalue weighted by Gasteiger charge is -2.12. The predicted molar refractivity (Wildman–Crippen MR) is 74.1 cm³/mol. The Morgan fingerprint density at radius 2 is 2.05 bits per heavy atom. The van der Waals surface area contributed by atoms with Crippen molar-refractivity contribution in [2.24, 2.45) is 11.8 Å². The van der Waals surface area contributed by atoms with Crippen LogP contribution < -0.4 is 10.0 Å². The minimum Gasteiger partial charge on any atom is -0.309 e. The van der Waals surface area contributed by atoms with E-state index in [1.807, 2.05) is 6.07 Å². The normalized spacial score (nSPS) is 20.3. The van der Waals surface area contributed by atoms with Crippen molar-refractivity contribution in [1.82, 2.24) is 10.0 Å². The van der Waals surface area contributed by atoms with Crippen molar-refractivity contribution in [2.75, 3.05) is 6.54 Å². The van der Waals surface area contributed by atoms with Crippen LogP contribution in [0, 0.1) is 11.8 Å². The lowest BCUT2D eigenvalue weighted by Crippen LogP contribution is -2.29. The summed E-state index contributed by atoms with van der Waals surface area (Å²) in [4.78, 5) is 0.387. The number of rotatable bonds is 5. The fourth-order valence-electron chi connectivity index (χ4n) is 2.59. The molecule has 2 aliphatic rings. The van der Waals surface area contributed by atoms with E-state index in [-0.39, 0.29) is 0 Å². The molecule has 19 heavy (non-hydrogen) atoms. The summed E-state index contributed by atoms with van der Waals surface area (Å²) in [6.07, 6.45) is 2.49. The van der Waals surface area contributed by atoms with E-state index in [4.69, 9.17) is 0 Å². The van der Waals surface area contributed by atoms with Gasteiger partial charge in [-0.1, -0.05) is 13.0 Å². The van der Waals surface area contributed by atoms with Crippen molar-refractivity contribution < 1.29 is 8.42 Å². The summed E-state index contributed by atoms with van der Waals surface area (Å²) in [6.45, 7) is 4.26. The van der Waals surface area contributed by atoms with E-state index in [9.17, 15) is 8.42 Å². The van der Waals surface area contributed by atoms with Gasteiger partial charge in [-0.25, -0.2) is 13.1 Å². The molecule has 0 spiro atoms. The van der Waals surface area contributed by atoms with Gasteiger partial charge in [-0.05, 0) is 47.9 Å². The number of hydrogen-bond donors (Lipinski definition) is 2.